The van der Waals surface area contributed by atoms with Crippen LogP contribution >= 0.6 is 0 Å². The van der Waals surface area contributed by atoms with Crippen LogP contribution in [0.25, 0.3) is 44.5 Å². The van der Waals surface area contributed by atoms with Gasteiger partial charge in [0.15, 0.2) is 0 Å². The Hall–Kier alpha value is -5.66. The SMILES string of the molecule is CC1(C)c2ccccc2-c2ccc(N(c3ccc(-c4ccccc4)cc3)c3ccc4c(c3)-c3c(-c5ccccc5)cccc3C4(C)C)cc21. The molecule has 49 heavy (non-hydrogen) atoms. The zero-order valence-electron chi connectivity index (χ0n) is 28.5. The molecule has 0 aliphatic heterocycles. The molecule has 1 nitrogen and oxygen atoms in total. The van der Waals surface area contributed by atoms with Crippen LogP contribution in [0.15, 0.2) is 164 Å². The van der Waals surface area contributed by atoms with Gasteiger partial charge in [0.25, 0.3) is 0 Å². The lowest BCUT2D eigenvalue weighted by Gasteiger charge is -2.29. The summed E-state index contributed by atoms with van der Waals surface area (Å²) in [6.45, 7) is 9.46. The van der Waals surface area contributed by atoms with E-state index in [1.807, 2.05) is 0 Å². The van der Waals surface area contributed by atoms with Crippen molar-refractivity contribution in [3.63, 3.8) is 0 Å². The van der Waals surface area contributed by atoms with Gasteiger partial charge in [-0.3, -0.25) is 0 Å². The fraction of sp³-hybridized carbons (Fsp3) is 0.125. The monoisotopic (exact) mass is 629 g/mol. The van der Waals surface area contributed by atoms with E-state index in [-0.39, 0.29) is 10.8 Å². The number of anilines is 3. The van der Waals surface area contributed by atoms with Crippen LogP contribution in [0.1, 0.15) is 49.9 Å². The average molecular weight is 630 g/mol. The molecule has 0 spiro atoms. The summed E-state index contributed by atoms with van der Waals surface area (Å²) in [4.78, 5) is 2.45. The first-order valence-corrected chi connectivity index (χ1v) is 17.4. The number of fused-ring (bicyclic) bond motifs is 6. The van der Waals surface area contributed by atoms with Gasteiger partial charge in [-0.15, -0.1) is 0 Å². The molecule has 7 aromatic rings. The molecule has 0 bridgehead atoms. The van der Waals surface area contributed by atoms with Gasteiger partial charge in [0, 0.05) is 27.9 Å². The van der Waals surface area contributed by atoms with Crippen LogP contribution in [-0.4, -0.2) is 0 Å². The molecule has 0 saturated heterocycles. The molecule has 0 unspecified atom stereocenters. The van der Waals surface area contributed by atoms with E-state index in [0.717, 1.165) is 11.4 Å². The first-order valence-electron chi connectivity index (χ1n) is 17.4. The smallest absolute Gasteiger partial charge is 0.0468 e. The quantitative estimate of drug-likeness (QED) is 0.183. The van der Waals surface area contributed by atoms with E-state index in [1.54, 1.807) is 0 Å². The van der Waals surface area contributed by atoms with E-state index in [4.69, 9.17) is 0 Å². The fourth-order valence-electron chi connectivity index (χ4n) is 8.50. The van der Waals surface area contributed by atoms with Crippen molar-refractivity contribution in [2.75, 3.05) is 4.90 Å². The summed E-state index contributed by atoms with van der Waals surface area (Å²) in [6.07, 6.45) is 0. The normalized spacial score (nSPS) is 14.4. The molecule has 0 heterocycles. The van der Waals surface area contributed by atoms with Crippen molar-refractivity contribution in [3.05, 3.63) is 186 Å². The number of hydrogen-bond donors (Lipinski definition) is 0. The van der Waals surface area contributed by atoms with Gasteiger partial charge in [0.2, 0.25) is 0 Å². The third-order valence-corrected chi connectivity index (χ3v) is 11.1. The summed E-state index contributed by atoms with van der Waals surface area (Å²) >= 11 is 0. The van der Waals surface area contributed by atoms with Gasteiger partial charge in [0.1, 0.15) is 0 Å². The van der Waals surface area contributed by atoms with Crippen molar-refractivity contribution in [2.45, 2.75) is 38.5 Å². The summed E-state index contributed by atoms with van der Waals surface area (Å²) in [5, 5.41) is 0. The van der Waals surface area contributed by atoms with Gasteiger partial charge in [-0.2, -0.15) is 0 Å². The van der Waals surface area contributed by atoms with Gasteiger partial charge in [0.05, 0.1) is 0 Å². The number of hydrogen-bond acceptors (Lipinski definition) is 1. The highest BCUT2D eigenvalue weighted by atomic mass is 15.1. The lowest BCUT2D eigenvalue weighted by molar-refractivity contribution is 0.660. The summed E-state index contributed by atoms with van der Waals surface area (Å²) in [5.74, 6) is 0. The molecule has 0 amide bonds. The fourth-order valence-corrected chi connectivity index (χ4v) is 8.50. The van der Waals surface area contributed by atoms with Crippen molar-refractivity contribution >= 4 is 17.1 Å². The maximum absolute atomic E-state index is 2.45. The molecule has 0 fully saturated rings. The van der Waals surface area contributed by atoms with Crippen LogP contribution in [0, 0.1) is 0 Å². The van der Waals surface area contributed by atoms with Crippen LogP contribution in [0.4, 0.5) is 17.1 Å². The third-order valence-electron chi connectivity index (χ3n) is 11.1. The Bertz CT molecular complexity index is 2360. The van der Waals surface area contributed by atoms with Gasteiger partial charge in [-0.25, -0.2) is 0 Å². The van der Waals surface area contributed by atoms with Crippen molar-refractivity contribution in [3.8, 4) is 44.5 Å². The van der Waals surface area contributed by atoms with E-state index in [9.17, 15) is 0 Å². The molecule has 9 rings (SSSR count). The zero-order valence-corrected chi connectivity index (χ0v) is 28.5. The maximum Gasteiger partial charge on any atom is 0.0468 e. The molecule has 7 aromatic carbocycles. The number of rotatable bonds is 5. The van der Waals surface area contributed by atoms with Crippen LogP contribution in [0.5, 0.6) is 0 Å². The average Bonchev–Trinajstić information content (AvgIpc) is 3.52. The van der Waals surface area contributed by atoms with Crippen LogP contribution in [0.3, 0.4) is 0 Å². The van der Waals surface area contributed by atoms with Gasteiger partial charge < -0.3 is 4.90 Å². The Morgan fingerprint density at radius 3 is 1.59 bits per heavy atom. The van der Waals surface area contributed by atoms with Crippen LogP contribution in [-0.2, 0) is 10.8 Å². The van der Waals surface area contributed by atoms with Gasteiger partial charge in [-0.1, -0.05) is 155 Å². The molecule has 0 aromatic heterocycles. The van der Waals surface area contributed by atoms with Crippen LogP contribution < -0.4 is 4.90 Å². The first-order chi connectivity index (χ1) is 23.8. The summed E-state index contributed by atoms with van der Waals surface area (Å²) in [5.41, 5.74) is 19.1. The first kappa shape index (κ1) is 29.5. The molecule has 2 aliphatic carbocycles. The van der Waals surface area contributed by atoms with Crippen molar-refractivity contribution in [1.82, 2.24) is 0 Å². The molecule has 2 aliphatic rings. The van der Waals surface area contributed by atoms with Crippen molar-refractivity contribution in [1.29, 1.82) is 0 Å². The highest BCUT2D eigenvalue weighted by molar-refractivity contribution is 5.95. The molecule has 236 valence electrons. The van der Waals surface area contributed by atoms with E-state index >= 15 is 0 Å². The Balaban J connectivity index is 1.24. The van der Waals surface area contributed by atoms with E-state index in [0.29, 0.717) is 0 Å². The summed E-state index contributed by atoms with van der Waals surface area (Å²) in [7, 11) is 0. The van der Waals surface area contributed by atoms with Gasteiger partial charge >= 0.3 is 0 Å². The summed E-state index contributed by atoms with van der Waals surface area (Å²) < 4.78 is 0. The molecule has 0 saturated carbocycles. The Morgan fingerprint density at radius 1 is 0.327 bits per heavy atom. The standard InChI is InChI=1S/C48H39N/c1-47(2)43-29-27-36(30-41(43)46-38(19-13-21-44(46)47)34-16-9-6-10-17-34)49(35-24-22-33(23-25-35)32-14-7-5-8-15-32)37-26-28-40-39-18-11-12-20-42(39)48(3,4)45(40)31-37/h5-31H,1-4H3. The molecule has 0 atom stereocenters. The molecular formula is C48H39N. The highest BCUT2D eigenvalue weighted by Gasteiger charge is 2.38. The second-order valence-electron chi connectivity index (χ2n) is 14.6. The van der Waals surface area contributed by atoms with E-state index in [1.165, 1.54) is 72.4 Å². The maximum atomic E-state index is 2.45. The Kier molecular flexibility index (Phi) is 6.58. The highest BCUT2D eigenvalue weighted by Crippen LogP contribution is 2.55. The molecule has 0 radical (unpaired) electrons. The lowest BCUT2D eigenvalue weighted by Crippen LogP contribution is -2.17. The second-order valence-corrected chi connectivity index (χ2v) is 14.6. The predicted octanol–water partition coefficient (Wildman–Crippen LogP) is 13.1. The topological polar surface area (TPSA) is 3.24 Å². The largest absolute Gasteiger partial charge is 0.310 e. The predicted molar refractivity (Wildman–Crippen MR) is 207 cm³/mol. The number of nitrogens with zero attached hydrogens (tertiary/aromatic N) is 1. The third kappa shape index (κ3) is 4.53. The minimum Gasteiger partial charge on any atom is -0.310 e. The van der Waals surface area contributed by atoms with Crippen molar-refractivity contribution in [2.24, 2.45) is 0 Å². The Morgan fingerprint density at radius 2 is 0.837 bits per heavy atom. The van der Waals surface area contributed by atoms with Crippen molar-refractivity contribution < 1.29 is 0 Å². The number of benzene rings is 7. The van der Waals surface area contributed by atoms with E-state index in [2.05, 4.69) is 196 Å². The minimum absolute atomic E-state index is 0.0870. The minimum atomic E-state index is -0.0977. The lowest BCUT2D eigenvalue weighted by atomic mass is 9.82. The zero-order chi connectivity index (χ0) is 33.3. The van der Waals surface area contributed by atoms with E-state index < -0.39 is 0 Å². The molecular weight excluding hydrogens is 591 g/mol. The second kappa shape index (κ2) is 10.9. The summed E-state index contributed by atoms with van der Waals surface area (Å²) in [6, 6.07) is 60.5. The molecule has 0 N–H and O–H groups in total. The van der Waals surface area contributed by atoms with Crippen LogP contribution in [0.2, 0.25) is 0 Å². The van der Waals surface area contributed by atoms with Gasteiger partial charge in [-0.05, 0) is 103 Å². The Labute approximate surface area is 290 Å². The molecule has 1 heteroatoms.